The van der Waals surface area contributed by atoms with Gasteiger partial charge in [0.1, 0.15) is 0 Å². The first-order valence-corrected chi connectivity index (χ1v) is 8.95. The molecule has 0 aliphatic carbocycles. The topological polar surface area (TPSA) is 87.3 Å². The van der Waals surface area contributed by atoms with Crippen molar-refractivity contribution in [2.45, 2.75) is 18.7 Å². The van der Waals surface area contributed by atoms with Gasteiger partial charge < -0.3 is 10.6 Å². The van der Waals surface area contributed by atoms with Crippen LogP contribution in [0.3, 0.4) is 0 Å². The summed E-state index contributed by atoms with van der Waals surface area (Å²) in [6.07, 6.45) is 0. The molecule has 6 nitrogen and oxygen atoms in total. The van der Waals surface area contributed by atoms with Crippen LogP contribution >= 0.6 is 0 Å². The Balaban J connectivity index is 1.95. The molecular weight excluding hydrogens is 302 g/mol. The lowest BCUT2D eigenvalue weighted by molar-refractivity contribution is 0.0942. The first kappa shape index (κ1) is 16.9. The molecule has 7 heteroatoms. The van der Waals surface area contributed by atoms with E-state index in [1.165, 1.54) is 24.3 Å². The number of hydrogen-bond donors (Lipinski definition) is 3. The van der Waals surface area contributed by atoms with Crippen LogP contribution in [0.1, 0.15) is 24.2 Å². The minimum Gasteiger partial charge on any atom is -0.352 e. The SMILES string of the molecule is CC(C)CNS(=O)(=O)c1ccc(C(=O)NCC2CNC2)cc1. The van der Waals surface area contributed by atoms with Crippen molar-refractivity contribution in [1.82, 2.24) is 15.4 Å². The molecule has 1 aromatic rings. The molecule has 0 spiro atoms. The summed E-state index contributed by atoms with van der Waals surface area (Å²) in [5, 5.41) is 6.00. The fourth-order valence-corrected chi connectivity index (χ4v) is 3.19. The Kier molecular flexibility index (Phi) is 5.55. The van der Waals surface area contributed by atoms with Gasteiger partial charge >= 0.3 is 0 Å². The van der Waals surface area contributed by atoms with Crippen LogP contribution in [0.15, 0.2) is 29.2 Å². The summed E-state index contributed by atoms with van der Waals surface area (Å²) in [6, 6.07) is 6.00. The molecule has 0 radical (unpaired) electrons. The minimum absolute atomic E-state index is 0.174. The molecule has 1 fully saturated rings. The molecule has 0 unspecified atom stereocenters. The molecule has 1 aliphatic heterocycles. The summed E-state index contributed by atoms with van der Waals surface area (Å²) in [7, 11) is -3.51. The fourth-order valence-electron chi connectivity index (χ4n) is 1.98. The molecule has 2 rings (SSSR count). The van der Waals surface area contributed by atoms with Crippen LogP contribution in [-0.4, -0.2) is 40.5 Å². The van der Waals surface area contributed by atoms with Crippen molar-refractivity contribution in [2.24, 2.45) is 11.8 Å². The predicted molar refractivity (Wildman–Crippen MR) is 85.2 cm³/mol. The molecule has 1 aromatic carbocycles. The van der Waals surface area contributed by atoms with Gasteiger partial charge in [-0.3, -0.25) is 4.79 Å². The van der Waals surface area contributed by atoms with E-state index in [2.05, 4.69) is 15.4 Å². The van der Waals surface area contributed by atoms with Crippen LogP contribution in [0.5, 0.6) is 0 Å². The zero-order chi connectivity index (χ0) is 16.2. The number of amides is 1. The van der Waals surface area contributed by atoms with Gasteiger partial charge in [-0.05, 0) is 30.2 Å². The molecule has 122 valence electrons. The van der Waals surface area contributed by atoms with Gasteiger partial charge in [0.2, 0.25) is 10.0 Å². The zero-order valence-electron chi connectivity index (χ0n) is 12.9. The lowest BCUT2D eigenvalue weighted by atomic mass is 10.0. The standard InChI is InChI=1S/C15H23N3O3S/c1-11(2)7-18-22(20,21)14-5-3-13(4-6-14)15(19)17-10-12-8-16-9-12/h3-6,11-12,16,18H,7-10H2,1-2H3,(H,17,19). The van der Waals surface area contributed by atoms with E-state index in [1.54, 1.807) is 0 Å². The van der Waals surface area contributed by atoms with Crippen LogP contribution in [0, 0.1) is 11.8 Å². The number of nitrogens with one attached hydrogen (secondary N) is 3. The molecule has 0 aromatic heterocycles. The Hall–Kier alpha value is -1.44. The first-order chi connectivity index (χ1) is 10.4. The average molecular weight is 325 g/mol. The van der Waals surface area contributed by atoms with Crippen LogP contribution in [0.25, 0.3) is 0 Å². The second-order valence-electron chi connectivity index (χ2n) is 6.00. The number of benzene rings is 1. The van der Waals surface area contributed by atoms with Gasteiger partial charge in [0.25, 0.3) is 5.91 Å². The maximum Gasteiger partial charge on any atom is 0.251 e. The lowest BCUT2D eigenvalue weighted by Crippen LogP contribution is -2.48. The van der Waals surface area contributed by atoms with Gasteiger partial charge in [-0.1, -0.05) is 13.8 Å². The van der Waals surface area contributed by atoms with Crippen LogP contribution in [-0.2, 0) is 10.0 Å². The molecule has 0 saturated carbocycles. The Morgan fingerprint density at radius 1 is 1.27 bits per heavy atom. The highest BCUT2D eigenvalue weighted by atomic mass is 32.2. The van der Waals surface area contributed by atoms with E-state index in [-0.39, 0.29) is 16.7 Å². The highest BCUT2D eigenvalue weighted by Crippen LogP contribution is 2.11. The summed E-state index contributed by atoms with van der Waals surface area (Å²) < 4.78 is 26.7. The minimum atomic E-state index is -3.51. The second kappa shape index (κ2) is 7.21. The smallest absolute Gasteiger partial charge is 0.251 e. The molecule has 1 heterocycles. The molecule has 1 amide bonds. The van der Waals surface area contributed by atoms with Crippen molar-refractivity contribution >= 4 is 15.9 Å². The van der Waals surface area contributed by atoms with Gasteiger partial charge in [0, 0.05) is 37.7 Å². The van der Waals surface area contributed by atoms with Crippen molar-refractivity contribution in [1.29, 1.82) is 0 Å². The van der Waals surface area contributed by atoms with E-state index in [1.807, 2.05) is 13.8 Å². The summed E-state index contributed by atoms with van der Waals surface area (Å²) in [6.45, 7) is 6.76. The predicted octanol–water partition coefficient (Wildman–Crippen LogP) is 0.570. The number of carbonyl (C=O) groups is 1. The van der Waals surface area contributed by atoms with Gasteiger partial charge in [0.15, 0.2) is 0 Å². The van der Waals surface area contributed by atoms with E-state index in [0.717, 1.165) is 13.1 Å². The molecule has 0 bridgehead atoms. The van der Waals surface area contributed by atoms with E-state index in [0.29, 0.717) is 24.6 Å². The Bertz CT molecular complexity index is 607. The average Bonchev–Trinajstić information content (AvgIpc) is 2.43. The molecule has 3 N–H and O–H groups in total. The van der Waals surface area contributed by atoms with Gasteiger partial charge in [-0.25, -0.2) is 13.1 Å². The van der Waals surface area contributed by atoms with Crippen molar-refractivity contribution < 1.29 is 13.2 Å². The van der Waals surface area contributed by atoms with Gasteiger partial charge in [-0.2, -0.15) is 0 Å². The number of hydrogen-bond acceptors (Lipinski definition) is 4. The summed E-state index contributed by atoms with van der Waals surface area (Å²) in [4.78, 5) is 12.1. The fraction of sp³-hybridized carbons (Fsp3) is 0.533. The quantitative estimate of drug-likeness (QED) is 0.684. The van der Waals surface area contributed by atoms with Crippen molar-refractivity contribution in [3.8, 4) is 0 Å². The van der Waals surface area contributed by atoms with Gasteiger partial charge in [-0.15, -0.1) is 0 Å². The monoisotopic (exact) mass is 325 g/mol. The summed E-state index contributed by atoms with van der Waals surface area (Å²) >= 11 is 0. The third kappa shape index (κ3) is 4.53. The lowest BCUT2D eigenvalue weighted by Gasteiger charge is -2.27. The highest BCUT2D eigenvalue weighted by Gasteiger charge is 2.18. The Morgan fingerprint density at radius 2 is 1.91 bits per heavy atom. The number of rotatable bonds is 7. The maximum absolute atomic E-state index is 12.1. The zero-order valence-corrected chi connectivity index (χ0v) is 13.7. The molecule has 1 saturated heterocycles. The van der Waals surface area contributed by atoms with E-state index in [4.69, 9.17) is 0 Å². The first-order valence-electron chi connectivity index (χ1n) is 7.47. The molecule has 22 heavy (non-hydrogen) atoms. The Morgan fingerprint density at radius 3 is 2.41 bits per heavy atom. The molecule has 0 atom stereocenters. The summed E-state index contributed by atoms with van der Waals surface area (Å²) in [5.74, 6) is 0.552. The second-order valence-corrected chi connectivity index (χ2v) is 7.77. The van der Waals surface area contributed by atoms with Crippen LogP contribution in [0.2, 0.25) is 0 Å². The number of sulfonamides is 1. The maximum atomic E-state index is 12.1. The molecular formula is C15H23N3O3S. The highest BCUT2D eigenvalue weighted by molar-refractivity contribution is 7.89. The van der Waals surface area contributed by atoms with Gasteiger partial charge in [0.05, 0.1) is 4.90 Å². The van der Waals surface area contributed by atoms with Crippen molar-refractivity contribution in [2.75, 3.05) is 26.2 Å². The van der Waals surface area contributed by atoms with E-state index < -0.39 is 10.0 Å². The Labute approximate surface area is 131 Å². The normalized spacial score (nSPS) is 15.6. The summed E-state index contributed by atoms with van der Waals surface area (Å²) in [5.41, 5.74) is 0.468. The third-order valence-corrected chi connectivity index (χ3v) is 4.97. The van der Waals surface area contributed by atoms with Crippen LogP contribution in [0.4, 0.5) is 0 Å². The van der Waals surface area contributed by atoms with Crippen molar-refractivity contribution in [3.05, 3.63) is 29.8 Å². The van der Waals surface area contributed by atoms with E-state index in [9.17, 15) is 13.2 Å². The van der Waals surface area contributed by atoms with Crippen LogP contribution < -0.4 is 15.4 Å². The molecule has 1 aliphatic rings. The largest absolute Gasteiger partial charge is 0.352 e. The number of carbonyl (C=O) groups excluding carboxylic acids is 1. The van der Waals surface area contributed by atoms with E-state index >= 15 is 0 Å². The van der Waals surface area contributed by atoms with Crippen molar-refractivity contribution in [3.63, 3.8) is 0 Å². The third-order valence-electron chi connectivity index (χ3n) is 3.53.